The largest absolute Gasteiger partial charge is 0.491 e. The summed E-state index contributed by atoms with van der Waals surface area (Å²) in [5, 5.41) is 3.04. The first-order valence-electron chi connectivity index (χ1n) is 11.2. The van der Waals surface area contributed by atoms with E-state index >= 15 is 0 Å². The van der Waals surface area contributed by atoms with Gasteiger partial charge in [0.1, 0.15) is 18.2 Å². The second-order valence-corrected chi connectivity index (χ2v) is 8.20. The number of hydrogen-bond donors (Lipinski definition) is 1. The van der Waals surface area contributed by atoms with Crippen molar-refractivity contribution >= 4 is 23.0 Å². The van der Waals surface area contributed by atoms with Gasteiger partial charge < -0.3 is 14.6 Å². The van der Waals surface area contributed by atoms with Crippen molar-refractivity contribution in [3.05, 3.63) is 101 Å². The smallest absolute Gasteiger partial charge is 0.244 e. The number of aryl methyl sites for hydroxylation is 2. The predicted molar refractivity (Wildman–Crippen MR) is 133 cm³/mol. The summed E-state index contributed by atoms with van der Waals surface area (Å²) in [5.41, 5.74) is 5.25. The van der Waals surface area contributed by atoms with Crippen LogP contribution in [0.1, 0.15) is 35.5 Å². The molecule has 4 rings (SSSR count). The molecule has 1 aromatic heterocycles. The maximum Gasteiger partial charge on any atom is 0.244 e. The molecule has 0 bridgehead atoms. The minimum absolute atomic E-state index is 0.156. The van der Waals surface area contributed by atoms with Crippen molar-refractivity contribution in [1.82, 2.24) is 14.9 Å². The topological polar surface area (TPSA) is 56.1 Å². The molecule has 1 atom stereocenters. The average molecular weight is 440 g/mol. The monoisotopic (exact) mass is 439 g/mol. The number of amides is 1. The zero-order valence-corrected chi connectivity index (χ0v) is 19.3. The molecule has 0 aliphatic rings. The van der Waals surface area contributed by atoms with E-state index in [9.17, 15) is 4.79 Å². The number of nitrogens with one attached hydrogen (secondary N) is 1. The van der Waals surface area contributed by atoms with Gasteiger partial charge in [0.2, 0.25) is 5.91 Å². The van der Waals surface area contributed by atoms with Crippen molar-refractivity contribution in [3.8, 4) is 5.75 Å². The Bertz CT molecular complexity index is 1280. The maximum absolute atomic E-state index is 12.5. The van der Waals surface area contributed by atoms with Crippen LogP contribution in [0, 0.1) is 13.8 Å². The van der Waals surface area contributed by atoms with Crippen molar-refractivity contribution in [3.63, 3.8) is 0 Å². The standard InChI is InChI=1S/C28H29N3O2/c1-20-13-15-26(21(2)19-20)33-18-17-31-25-12-8-7-11-24(25)30-28(31)22(3)29-27(32)16-14-23-9-5-4-6-10-23/h4-16,19,22H,17-18H2,1-3H3,(H,29,32)/b16-14-. The number of carbonyl (C=O) groups is 1. The Morgan fingerprint density at radius 2 is 1.82 bits per heavy atom. The molecule has 0 spiro atoms. The van der Waals surface area contributed by atoms with E-state index in [1.165, 1.54) is 5.56 Å². The van der Waals surface area contributed by atoms with E-state index in [-0.39, 0.29) is 11.9 Å². The third-order valence-electron chi connectivity index (χ3n) is 5.56. The molecule has 5 heteroatoms. The van der Waals surface area contributed by atoms with Crippen LogP contribution < -0.4 is 10.1 Å². The van der Waals surface area contributed by atoms with Gasteiger partial charge in [0.15, 0.2) is 0 Å². The summed E-state index contributed by atoms with van der Waals surface area (Å²) in [4.78, 5) is 17.3. The highest BCUT2D eigenvalue weighted by atomic mass is 16.5. The predicted octanol–water partition coefficient (Wildman–Crippen LogP) is 5.62. The van der Waals surface area contributed by atoms with Gasteiger partial charge in [-0.25, -0.2) is 4.98 Å². The van der Waals surface area contributed by atoms with Crippen molar-refractivity contribution in [2.24, 2.45) is 0 Å². The lowest BCUT2D eigenvalue weighted by molar-refractivity contribution is -0.117. The van der Waals surface area contributed by atoms with Crippen LogP contribution in [0.3, 0.4) is 0 Å². The highest BCUT2D eigenvalue weighted by Crippen LogP contribution is 2.22. The minimum atomic E-state index is -0.258. The lowest BCUT2D eigenvalue weighted by atomic mass is 10.1. The summed E-state index contributed by atoms with van der Waals surface area (Å²) in [5.74, 6) is 1.54. The van der Waals surface area contributed by atoms with Crippen LogP contribution in [-0.4, -0.2) is 22.1 Å². The lowest BCUT2D eigenvalue weighted by Gasteiger charge is -2.16. The molecule has 0 saturated carbocycles. The average Bonchev–Trinajstić information content (AvgIpc) is 3.19. The summed E-state index contributed by atoms with van der Waals surface area (Å²) >= 11 is 0. The van der Waals surface area contributed by atoms with Crippen molar-refractivity contribution in [2.75, 3.05) is 6.61 Å². The number of hydrogen-bond acceptors (Lipinski definition) is 3. The Balaban J connectivity index is 1.49. The van der Waals surface area contributed by atoms with Crippen LogP contribution in [0.4, 0.5) is 0 Å². The van der Waals surface area contributed by atoms with Crippen LogP contribution in [-0.2, 0) is 11.3 Å². The molecular formula is C28H29N3O2. The van der Waals surface area contributed by atoms with Gasteiger partial charge in [-0.1, -0.05) is 60.2 Å². The molecule has 4 aromatic rings. The Kier molecular flexibility index (Phi) is 6.89. The van der Waals surface area contributed by atoms with Gasteiger partial charge in [-0.05, 0) is 56.2 Å². The molecule has 5 nitrogen and oxygen atoms in total. The molecule has 1 N–H and O–H groups in total. The van der Waals surface area contributed by atoms with E-state index < -0.39 is 0 Å². The van der Waals surface area contributed by atoms with Crippen LogP contribution in [0.2, 0.25) is 0 Å². The van der Waals surface area contributed by atoms with E-state index in [1.807, 2.05) is 73.7 Å². The molecule has 1 heterocycles. The summed E-state index contributed by atoms with van der Waals surface area (Å²) < 4.78 is 8.20. The second kappa shape index (κ2) is 10.2. The number of carbonyl (C=O) groups excluding carboxylic acids is 1. The number of imidazole rings is 1. The van der Waals surface area contributed by atoms with E-state index in [0.29, 0.717) is 13.2 Å². The summed E-state index contributed by atoms with van der Waals surface area (Å²) in [6.07, 6.45) is 3.37. The fourth-order valence-electron chi connectivity index (χ4n) is 3.93. The van der Waals surface area contributed by atoms with E-state index in [0.717, 1.165) is 33.7 Å². The quantitative estimate of drug-likeness (QED) is 0.362. The van der Waals surface area contributed by atoms with Crippen LogP contribution in [0.15, 0.2) is 78.9 Å². The maximum atomic E-state index is 12.5. The number of para-hydroxylation sites is 2. The molecule has 0 aliphatic heterocycles. The Morgan fingerprint density at radius 1 is 1.06 bits per heavy atom. The second-order valence-electron chi connectivity index (χ2n) is 8.20. The first-order chi connectivity index (χ1) is 16.0. The van der Waals surface area contributed by atoms with Gasteiger partial charge in [0.25, 0.3) is 0 Å². The first kappa shape index (κ1) is 22.3. The van der Waals surface area contributed by atoms with Crippen molar-refractivity contribution < 1.29 is 9.53 Å². The normalized spacial score (nSPS) is 12.2. The molecule has 0 radical (unpaired) electrons. The van der Waals surface area contributed by atoms with Crippen molar-refractivity contribution in [1.29, 1.82) is 0 Å². The number of aromatic nitrogens is 2. The van der Waals surface area contributed by atoms with Crippen LogP contribution in [0.25, 0.3) is 17.1 Å². The molecule has 1 unspecified atom stereocenters. The van der Waals surface area contributed by atoms with E-state index in [2.05, 4.69) is 35.9 Å². The molecule has 33 heavy (non-hydrogen) atoms. The van der Waals surface area contributed by atoms with Gasteiger partial charge in [0, 0.05) is 6.08 Å². The van der Waals surface area contributed by atoms with Crippen LogP contribution >= 0.6 is 0 Å². The van der Waals surface area contributed by atoms with E-state index in [4.69, 9.17) is 9.72 Å². The first-order valence-corrected chi connectivity index (χ1v) is 11.2. The fraction of sp³-hybridized carbons (Fsp3) is 0.214. The third-order valence-corrected chi connectivity index (χ3v) is 5.56. The molecule has 1 amide bonds. The molecule has 168 valence electrons. The minimum Gasteiger partial charge on any atom is -0.491 e. The van der Waals surface area contributed by atoms with Crippen molar-refractivity contribution in [2.45, 2.75) is 33.4 Å². The van der Waals surface area contributed by atoms with Crippen LogP contribution in [0.5, 0.6) is 5.75 Å². The van der Waals surface area contributed by atoms with Gasteiger partial charge in [-0.15, -0.1) is 0 Å². The Hall–Kier alpha value is -3.86. The number of benzene rings is 3. The van der Waals surface area contributed by atoms with Gasteiger partial charge in [-0.3, -0.25) is 4.79 Å². The summed E-state index contributed by atoms with van der Waals surface area (Å²) in [6, 6.07) is 23.7. The Morgan fingerprint density at radius 3 is 2.61 bits per heavy atom. The van der Waals surface area contributed by atoms with Gasteiger partial charge >= 0.3 is 0 Å². The molecule has 3 aromatic carbocycles. The molecule has 0 saturated heterocycles. The zero-order chi connectivity index (χ0) is 23.2. The third kappa shape index (κ3) is 5.50. The number of nitrogens with zero attached hydrogens (tertiary/aromatic N) is 2. The summed E-state index contributed by atoms with van der Waals surface area (Å²) in [7, 11) is 0. The highest BCUT2D eigenvalue weighted by Gasteiger charge is 2.18. The SMILES string of the molecule is Cc1ccc(OCCn2c(C(C)NC(=O)/C=C\c3ccccc3)nc3ccccc32)c(C)c1. The molecule has 0 fully saturated rings. The number of fused-ring (bicyclic) bond motifs is 1. The number of rotatable bonds is 8. The van der Waals surface area contributed by atoms with E-state index in [1.54, 1.807) is 6.08 Å². The fourth-order valence-corrected chi connectivity index (χ4v) is 3.93. The van der Waals surface area contributed by atoms with Gasteiger partial charge in [0.05, 0.1) is 23.6 Å². The lowest BCUT2D eigenvalue weighted by Crippen LogP contribution is -2.27. The molecule has 0 aliphatic carbocycles. The Labute approximate surface area is 194 Å². The highest BCUT2D eigenvalue weighted by molar-refractivity contribution is 5.92. The number of ether oxygens (including phenoxy) is 1. The van der Waals surface area contributed by atoms with Gasteiger partial charge in [-0.2, -0.15) is 0 Å². The zero-order valence-electron chi connectivity index (χ0n) is 19.3. The molecular weight excluding hydrogens is 410 g/mol. The summed E-state index contributed by atoms with van der Waals surface area (Å²) in [6.45, 7) is 7.22.